The van der Waals surface area contributed by atoms with Crippen molar-refractivity contribution in [2.24, 2.45) is 0 Å². The number of nitrogens with one attached hydrogen (secondary N) is 1. The Bertz CT molecular complexity index is 1420. The highest BCUT2D eigenvalue weighted by Gasteiger charge is 2.18. The first-order chi connectivity index (χ1) is 15.8. The number of amides is 1. The van der Waals surface area contributed by atoms with E-state index in [0.29, 0.717) is 38.7 Å². The molecule has 4 rings (SSSR count). The van der Waals surface area contributed by atoms with Crippen molar-refractivity contribution in [3.8, 4) is 27.4 Å². The van der Waals surface area contributed by atoms with Gasteiger partial charge < -0.3 is 10.1 Å². The number of rotatable bonds is 6. The molecule has 0 aliphatic carbocycles. The third-order valence-corrected chi connectivity index (χ3v) is 7.20. The average molecular weight is 499 g/mol. The summed E-state index contributed by atoms with van der Waals surface area (Å²) in [6, 6.07) is 16.7. The number of thiazole rings is 1. The fourth-order valence-corrected chi connectivity index (χ4v) is 4.86. The zero-order chi connectivity index (χ0) is 23.6. The fraction of sp³-hybridized carbons (Fsp3) is 0.0833. The summed E-state index contributed by atoms with van der Waals surface area (Å²) in [6.45, 7) is 0. The van der Waals surface area contributed by atoms with E-state index in [0.717, 1.165) is 11.3 Å². The van der Waals surface area contributed by atoms with Crippen molar-refractivity contribution in [2.45, 2.75) is 4.90 Å². The predicted molar refractivity (Wildman–Crippen MR) is 132 cm³/mol. The maximum absolute atomic E-state index is 13.2. The molecule has 6 nitrogen and oxygen atoms in total. The molecule has 0 fully saturated rings. The SMILES string of the molecule is COc1ccc(-c2cc(S(C)(=O)=O)ccc2C(=O)Nc2ccc(Cl)c(-c3nccs3)c2)cc1. The highest BCUT2D eigenvalue weighted by Crippen LogP contribution is 2.33. The Hall–Kier alpha value is -3.20. The zero-order valence-corrected chi connectivity index (χ0v) is 20.1. The summed E-state index contributed by atoms with van der Waals surface area (Å²) in [7, 11) is -1.90. The number of carbonyl (C=O) groups excluding carboxylic acids is 1. The molecule has 0 saturated carbocycles. The average Bonchev–Trinajstić information content (AvgIpc) is 3.34. The minimum Gasteiger partial charge on any atom is -0.497 e. The summed E-state index contributed by atoms with van der Waals surface area (Å²) in [6.07, 6.45) is 2.82. The molecule has 0 aliphatic heterocycles. The van der Waals surface area contributed by atoms with Gasteiger partial charge in [0.2, 0.25) is 0 Å². The van der Waals surface area contributed by atoms with E-state index in [1.807, 2.05) is 5.38 Å². The second-order valence-electron chi connectivity index (χ2n) is 7.19. The first-order valence-electron chi connectivity index (χ1n) is 9.75. The number of nitrogens with zero attached hydrogens (tertiary/aromatic N) is 1. The van der Waals surface area contributed by atoms with Crippen LogP contribution in [-0.2, 0) is 9.84 Å². The zero-order valence-electron chi connectivity index (χ0n) is 17.7. The van der Waals surface area contributed by atoms with Gasteiger partial charge in [0.15, 0.2) is 9.84 Å². The molecule has 0 spiro atoms. The molecule has 3 aromatic carbocycles. The largest absolute Gasteiger partial charge is 0.497 e. The molecule has 33 heavy (non-hydrogen) atoms. The first-order valence-corrected chi connectivity index (χ1v) is 12.9. The fourth-order valence-electron chi connectivity index (χ4n) is 3.28. The number of benzene rings is 3. The van der Waals surface area contributed by atoms with Gasteiger partial charge in [-0.25, -0.2) is 13.4 Å². The maximum Gasteiger partial charge on any atom is 0.256 e. The molecule has 1 heterocycles. The van der Waals surface area contributed by atoms with Crippen LogP contribution in [0.15, 0.2) is 77.1 Å². The van der Waals surface area contributed by atoms with Crippen LogP contribution in [0.2, 0.25) is 5.02 Å². The van der Waals surface area contributed by atoms with Crippen LogP contribution in [0.1, 0.15) is 10.4 Å². The van der Waals surface area contributed by atoms with Crippen molar-refractivity contribution in [1.29, 1.82) is 0 Å². The van der Waals surface area contributed by atoms with Crippen LogP contribution in [-0.4, -0.2) is 32.7 Å². The molecule has 0 bridgehead atoms. The van der Waals surface area contributed by atoms with E-state index in [1.54, 1.807) is 55.8 Å². The third-order valence-electron chi connectivity index (χ3n) is 4.95. The molecule has 0 unspecified atom stereocenters. The second kappa shape index (κ2) is 9.35. The predicted octanol–water partition coefficient (Wildman–Crippen LogP) is 5.79. The van der Waals surface area contributed by atoms with E-state index in [9.17, 15) is 13.2 Å². The summed E-state index contributed by atoms with van der Waals surface area (Å²) in [5.74, 6) is 0.271. The molecule has 9 heteroatoms. The van der Waals surface area contributed by atoms with E-state index < -0.39 is 9.84 Å². The molecular weight excluding hydrogens is 480 g/mol. The van der Waals surface area contributed by atoms with Crippen LogP contribution in [0.3, 0.4) is 0 Å². The normalized spacial score (nSPS) is 11.2. The number of sulfone groups is 1. The third kappa shape index (κ3) is 5.08. The molecule has 1 N–H and O–H groups in total. The van der Waals surface area contributed by atoms with Gasteiger partial charge in [-0.2, -0.15) is 0 Å². The van der Waals surface area contributed by atoms with Crippen molar-refractivity contribution >= 4 is 44.4 Å². The van der Waals surface area contributed by atoms with Crippen molar-refractivity contribution in [3.05, 3.63) is 82.8 Å². The van der Waals surface area contributed by atoms with Crippen molar-refractivity contribution in [3.63, 3.8) is 0 Å². The van der Waals surface area contributed by atoms with Crippen LogP contribution < -0.4 is 10.1 Å². The number of anilines is 1. The smallest absolute Gasteiger partial charge is 0.256 e. The minimum atomic E-state index is -3.46. The highest BCUT2D eigenvalue weighted by atomic mass is 35.5. The number of hydrogen-bond donors (Lipinski definition) is 1. The van der Waals surface area contributed by atoms with Crippen molar-refractivity contribution in [2.75, 3.05) is 18.7 Å². The van der Waals surface area contributed by atoms with Gasteiger partial charge in [-0.3, -0.25) is 4.79 Å². The summed E-state index contributed by atoms with van der Waals surface area (Å²) < 4.78 is 29.5. The number of methoxy groups -OCH3 is 1. The van der Waals surface area contributed by atoms with Gasteiger partial charge in [0.05, 0.1) is 17.0 Å². The maximum atomic E-state index is 13.2. The van der Waals surface area contributed by atoms with E-state index in [-0.39, 0.29) is 10.8 Å². The van der Waals surface area contributed by atoms with Crippen LogP contribution in [0.5, 0.6) is 5.75 Å². The van der Waals surface area contributed by atoms with Gasteiger partial charge in [0, 0.05) is 34.6 Å². The Morgan fingerprint density at radius 3 is 2.42 bits per heavy atom. The van der Waals surface area contributed by atoms with Gasteiger partial charge in [0.25, 0.3) is 5.91 Å². The lowest BCUT2D eigenvalue weighted by molar-refractivity contribution is 0.102. The minimum absolute atomic E-state index is 0.127. The lowest BCUT2D eigenvalue weighted by atomic mass is 9.99. The molecule has 0 aliphatic rings. The molecule has 0 radical (unpaired) electrons. The van der Waals surface area contributed by atoms with Crippen LogP contribution >= 0.6 is 22.9 Å². The summed E-state index contributed by atoms with van der Waals surface area (Å²) >= 11 is 7.76. The van der Waals surface area contributed by atoms with Gasteiger partial charge in [-0.1, -0.05) is 23.7 Å². The van der Waals surface area contributed by atoms with Crippen molar-refractivity contribution < 1.29 is 17.9 Å². The van der Waals surface area contributed by atoms with E-state index in [2.05, 4.69) is 10.3 Å². The van der Waals surface area contributed by atoms with Crippen LogP contribution in [0, 0.1) is 0 Å². The Balaban J connectivity index is 1.73. The van der Waals surface area contributed by atoms with Gasteiger partial charge >= 0.3 is 0 Å². The van der Waals surface area contributed by atoms with Gasteiger partial charge in [0.1, 0.15) is 10.8 Å². The summed E-state index contributed by atoms with van der Waals surface area (Å²) in [4.78, 5) is 17.7. The number of aromatic nitrogens is 1. The Morgan fingerprint density at radius 1 is 1.03 bits per heavy atom. The lowest BCUT2D eigenvalue weighted by Crippen LogP contribution is -2.14. The standard InChI is InChI=1S/C24H19ClN2O4S2/c1-31-17-6-3-15(4-7-17)20-14-18(33(2,29)30)8-9-19(20)23(28)27-16-5-10-22(25)21(13-16)24-26-11-12-32-24/h3-14H,1-2H3,(H,27,28). The number of hydrogen-bond acceptors (Lipinski definition) is 6. The lowest BCUT2D eigenvalue weighted by Gasteiger charge is -2.13. The number of carbonyl (C=O) groups is 1. The van der Waals surface area contributed by atoms with Gasteiger partial charge in [-0.15, -0.1) is 11.3 Å². The molecule has 0 saturated heterocycles. The molecule has 1 aromatic heterocycles. The second-order valence-corrected chi connectivity index (χ2v) is 10.5. The van der Waals surface area contributed by atoms with Crippen LogP contribution in [0.4, 0.5) is 5.69 Å². The monoisotopic (exact) mass is 498 g/mol. The summed E-state index contributed by atoms with van der Waals surface area (Å²) in [5.41, 5.74) is 2.77. The van der Waals surface area contributed by atoms with E-state index in [4.69, 9.17) is 16.3 Å². The topological polar surface area (TPSA) is 85.4 Å². The first kappa shape index (κ1) is 23.0. The molecule has 1 amide bonds. The molecule has 4 aromatic rings. The molecular formula is C24H19ClN2O4S2. The quantitative estimate of drug-likeness (QED) is 0.363. The van der Waals surface area contributed by atoms with Gasteiger partial charge in [-0.05, 0) is 59.7 Å². The van der Waals surface area contributed by atoms with E-state index in [1.165, 1.54) is 29.5 Å². The Labute approximate surface area is 200 Å². The number of halogens is 1. The van der Waals surface area contributed by atoms with Crippen LogP contribution in [0.25, 0.3) is 21.7 Å². The number of ether oxygens (including phenoxy) is 1. The van der Waals surface area contributed by atoms with E-state index >= 15 is 0 Å². The van der Waals surface area contributed by atoms with Crippen molar-refractivity contribution in [1.82, 2.24) is 4.98 Å². The molecule has 168 valence electrons. The molecule has 0 atom stereocenters. The summed E-state index contributed by atoms with van der Waals surface area (Å²) in [5, 5.41) is 6.00. The Kier molecular flexibility index (Phi) is 6.51. The highest BCUT2D eigenvalue weighted by molar-refractivity contribution is 7.90. The Morgan fingerprint density at radius 2 is 1.79 bits per heavy atom.